The fourth-order valence-corrected chi connectivity index (χ4v) is 4.43. The van der Waals surface area contributed by atoms with Gasteiger partial charge in [0, 0.05) is 50.6 Å². The van der Waals surface area contributed by atoms with Crippen LogP contribution in [0.1, 0.15) is 63.4 Å². The molecule has 2 amide bonds. The van der Waals surface area contributed by atoms with Crippen molar-refractivity contribution in [2.75, 3.05) is 20.6 Å². The lowest BCUT2D eigenvalue weighted by Gasteiger charge is -2.22. The maximum absolute atomic E-state index is 13.9. The van der Waals surface area contributed by atoms with Crippen LogP contribution in [0.15, 0.2) is 54.7 Å². The summed E-state index contributed by atoms with van der Waals surface area (Å²) in [7, 11) is 3.47. The van der Waals surface area contributed by atoms with Gasteiger partial charge in [-0.1, -0.05) is 18.2 Å². The first-order valence-corrected chi connectivity index (χ1v) is 12.3. The SMILES string of the molecule is CCN(Cc1ccc(C(=O)N(C)C)cc1)C(=O)c1cc(C2CC2)nc2c1c(C)nn2-c1ccccn1. The minimum atomic E-state index is -0.0519. The Bertz CT molecular complexity index is 1420. The molecule has 0 bridgehead atoms. The molecule has 1 fully saturated rings. The van der Waals surface area contributed by atoms with Crippen molar-refractivity contribution in [2.45, 2.75) is 39.2 Å². The molecule has 0 N–H and O–H groups in total. The Hall–Kier alpha value is -4.07. The van der Waals surface area contributed by atoms with Crippen LogP contribution in [0.2, 0.25) is 0 Å². The van der Waals surface area contributed by atoms with E-state index in [1.54, 1.807) is 29.9 Å². The lowest BCUT2D eigenvalue weighted by atomic mass is 10.1. The van der Waals surface area contributed by atoms with Crippen LogP contribution in [-0.2, 0) is 6.54 Å². The summed E-state index contributed by atoms with van der Waals surface area (Å²) < 4.78 is 1.74. The molecular weight excluding hydrogens is 452 g/mol. The number of aromatic nitrogens is 4. The zero-order valence-electron chi connectivity index (χ0n) is 21.1. The van der Waals surface area contributed by atoms with E-state index in [0.29, 0.717) is 41.6 Å². The van der Waals surface area contributed by atoms with Crippen LogP contribution in [0.4, 0.5) is 0 Å². The van der Waals surface area contributed by atoms with Crippen LogP contribution in [0.3, 0.4) is 0 Å². The maximum Gasteiger partial charge on any atom is 0.255 e. The van der Waals surface area contributed by atoms with E-state index in [9.17, 15) is 9.59 Å². The van der Waals surface area contributed by atoms with Gasteiger partial charge in [-0.15, -0.1) is 0 Å². The van der Waals surface area contributed by atoms with E-state index < -0.39 is 0 Å². The number of hydrogen-bond donors (Lipinski definition) is 0. The number of amides is 2. The fraction of sp³-hybridized carbons (Fsp3) is 0.321. The average molecular weight is 483 g/mol. The Morgan fingerprint density at radius 1 is 1.06 bits per heavy atom. The topological polar surface area (TPSA) is 84.2 Å². The second-order valence-corrected chi connectivity index (χ2v) is 9.47. The molecule has 184 valence electrons. The highest BCUT2D eigenvalue weighted by Crippen LogP contribution is 2.41. The summed E-state index contributed by atoms with van der Waals surface area (Å²) in [4.78, 5) is 38.9. The van der Waals surface area contributed by atoms with Crippen LogP contribution in [0, 0.1) is 6.92 Å². The van der Waals surface area contributed by atoms with Crippen molar-refractivity contribution in [2.24, 2.45) is 0 Å². The van der Waals surface area contributed by atoms with E-state index in [0.717, 1.165) is 35.2 Å². The Balaban J connectivity index is 1.52. The number of carbonyl (C=O) groups excluding carboxylic acids is 2. The highest BCUT2D eigenvalue weighted by atomic mass is 16.2. The van der Waals surface area contributed by atoms with Gasteiger partial charge in [0.15, 0.2) is 11.5 Å². The molecule has 8 heteroatoms. The van der Waals surface area contributed by atoms with Gasteiger partial charge in [-0.05, 0) is 62.6 Å². The van der Waals surface area contributed by atoms with E-state index in [1.165, 1.54) is 0 Å². The van der Waals surface area contributed by atoms with E-state index in [2.05, 4.69) is 4.98 Å². The first-order chi connectivity index (χ1) is 17.4. The Labute approximate surface area is 210 Å². The average Bonchev–Trinajstić information content (AvgIpc) is 3.70. The monoisotopic (exact) mass is 482 g/mol. The predicted molar refractivity (Wildman–Crippen MR) is 138 cm³/mol. The Kier molecular flexibility index (Phi) is 6.26. The summed E-state index contributed by atoms with van der Waals surface area (Å²) in [5.74, 6) is 0.959. The number of hydrogen-bond acceptors (Lipinski definition) is 5. The van der Waals surface area contributed by atoms with E-state index in [-0.39, 0.29) is 11.8 Å². The minimum absolute atomic E-state index is 0.0443. The van der Waals surface area contributed by atoms with Crippen molar-refractivity contribution in [3.8, 4) is 5.82 Å². The molecule has 5 rings (SSSR count). The van der Waals surface area contributed by atoms with Gasteiger partial charge in [-0.3, -0.25) is 9.59 Å². The molecule has 1 aromatic carbocycles. The molecule has 0 aliphatic heterocycles. The summed E-state index contributed by atoms with van der Waals surface area (Å²) in [6.07, 6.45) is 3.89. The van der Waals surface area contributed by atoms with E-state index >= 15 is 0 Å². The molecule has 1 saturated carbocycles. The van der Waals surface area contributed by atoms with Gasteiger partial charge in [0.05, 0.1) is 16.6 Å². The second-order valence-electron chi connectivity index (χ2n) is 9.47. The normalized spacial score (nSPS) is 13.1. The summed E-state index contributed by atoms with van der Waals surface area (Å²) in [6.45, 7) is 4.88. The van der Waals surface area contributed by atoms with Gasteiger partial charge in [-0.25, -0.2) is 9.97 Å². The molecule has 0 spiro atoms. The molecule has 0 unspecified atom stereocenters. The maximum atomic E-state index is 13.9. The minimum Gasteiger partial charge on any atom is -0.345 e. The number of fused-ring (bicyclic) bond motifs is 1. The largest absolute Gasteiger partial charge is 0.345 e. The molecule has 8 nitrogen and oxygen atoms in total. The van der Waals surface area contributed by atoms with Crippen LogP contribution in [0.25, 0.3) is 16.9 Å². The molecule has 0 radical (unpaired) electrons. The molecule has 0 atom stereocenters. The van der Waals surface area contributed by atoms with Crippen LogP contribution in [-0.4, -0.2) is 62.0 Å². The molecule has 3 aromatic heterocycles. The van der Waals surface area contributed by atoms with Gasteiger partial charge in [0.2, 0.25) is 0 Å². The number of pyridine rings is 2. The number of benzene rings is 1. The molecule has 3 heterocycles. The number of rotatable bonds is 7. The third-order valence-electron chi connectivity index (χ3n) is 6.57. The molecular formula is C28H30N6O2. The van der Waals surface area contributed by atoms with Gasteiger partial charge >= 0.3 is 0 Å². The predicted octanol–water partition coefficient (Wildman–Crippen LogP) is 4.37. The molecule has 0 saturated heterocycles. The summed E-state index contributed by atoms with van der Waals surface area (Å²) in [5, 5.41) is 5.48. The number of carbonyl (C=O) groups is 2. The highest BCUT2D eigenvalue weighted by Gasteiger charge is 2.30. The zero-order valence-corrected chi connectivity index (χ0v) is 21.1. The second kappa shape index (κ2) is 9.53. The third kappa shape index (κ3) is 4.46. The van der Waals surface area contributed by atoms with Gasteiger partial charge in [-0.2, -0.15) is 9.78 Å². The first-order valence-electron chi connectivity index (χ1n) is 12.3. The fourth-order valence-electron chi connectivity index (χ4n) is 4.43. The Morgan fingerprint density at radius 2 is 1.81 bits per heavy atom. The molecule has 4 aromatic rings. The first kappa shape index (κ1) is 23.7. The Morgan fingerprint density at radius 3 is 2.42 bits per heavy atom. The smallest absolute Gasteiger partial charge is 0.255 e. The van der Waals surface area contributed by atoms with Crippen molar-refractivity contribution in [1.82, 2.24) is 29.5 Å². The van der Waals surface area contributed by atoms with Crippen molar-refractivity contribution in [3.63, 3.8) is 0 Å². The van der Waals surface area contributed by atoms with Gasteiger partial charge in [0.25, 0.3) is 11.8 Å². The molecule has 1 aliphatic carbocycles. The van der Waals surface area contributed by atoms with E-state index in [1.807, 2.05) is 67.3 Å². The third-order valence-corrected chi connectivity index (χ3v) is 6.57. The zero-order chi connectivity index (χ0) is 25.4. The standard InChI is InChI=1S/C28H30N6O2/c1-5-33(17-19-9-11-21(12-10-19)27(35)32(3)4)28(36)22-16-23(20-13-14-20)30-26-25(22)18(2)31-34(26)24-8-6-7-15-29-24/h6-12,15-16,20H,5,13-14,17H2,1-4H3. The van der Waals surface area contributed by atoms with Gasteiger partial charge in [0.1, 0.15) is 0 Å². The molecule has 1 aliphatic rings. The van der Waals surface area contributed by atoms with Crippen LogP contribution in [0.5, 0.6) is 0 Å². The summed E-state index contributed by atoms with van der Waals surface area (Å²) >= 11 is 0. The van der Waals surface area contributed by atoms with Gasteiger partial charge < -0.3 is 9.80 Å². The lowest BCUT2D eigenvalue weighted by molar-refractivity contribution is 0.0753. The lowest BCUT2D eigenvalue weighted by Crippen LogP contribution is -2.30. The van der Waals surface area contributed by atoms with Crippen molar-refractivity contribution in [3.05, 3.63) is 82.8 Å². The van der Waals surface area contributed by atoms with Crippen molar-refractivity contribution in [1.29, 1.82) is 0 Å². The van der Waals surface area contributed by atoms with Crippen LogP contribution < -0.4 is 0 Å². The molecule has 36 heavy (non-hydrogen) atoms. The van der Waals surface area contributed by atoms with Crippen molar-refractivity contribution < 1.29 is 9.59 Å². The van der Waals surface area contributed by atoms with Crippen LogP contribution >= 0.6 is 0 Å². The number of nitrogens with zero attached hydrogens (tertiary/aromatic N) is 6. The van der Waals surface area contributed by atoms with Crippen molar-refractivity contribution >= 4 is 22.8 Å². The number of aryl methyl sites for hydroxylation is 1. The summed E-state index contributed by atoms with van der Waals surface area (Å²) in [5.41, 5.74) is 4.57. The van der Waals surface area contributed by atoms with E-state index in [4.69, 9.17) is 10.1 Å². The highest BCUT2D eigenvalue weighted by molar-refractivity contribution is 6.06. The summed E-state index contributed by atoms with van der Waals surface area (Å²) in [6, 6.07) is 15.1. The quantitative estimate of drug-likeness (QED) is 0.391.